The monoisotopic (exact) mass is 265 g/mol. The number of fused-ring (bicyclic) bond motifs is 1. The van der Waals surface area contributed by atoms with Crippen LogP contribution in [-0.2, 0) is 25.9 Å². The minimum absolute atomic E-state index is 0.267. The van der Waals surface area contributed by atoms with Crippen molar-refractivity contribution in [3.63, 3.8) is 0 Å². The average molecular weight is 265 g/mol. The third kappa shape index (κ3) is 2.51. The largest absolute Gasteiger partial charge is 0.340 e. The fourth-order valence-electron chi connectivity index (χ4n) is 2.16. The molecule has 3 rings (SSSR count). The van der Waals surface area contributed by atoms with Gasteiger partial charge in [-0.05, 0) is 25.7 Å². The Bertz CT molecular complexity index is 561. The van der Waals surface area contributed by atoms with Crippen molar-refractivity contribution < 1.29 is 0 Å². The van der Waals surface area contributed by atoms with E-state index < -0.39 is 0 Å². The number of rotatable bonds is 4. The van der Waals surface area contributed by atoms with E-state index in [1.807, 2.05) is 0 Å². The van der Waals surface area contributed by atoms with Crippen LogP contribution in [0.1, 0.15) is 34.2 Å². The van der Waals surface area contributed by atoms with E-state index in [0.717, 1.165) is 18.0 Å². The SMILES string of the molecule is O=c1[nH]nc(CNCc2nc3c(s2)CCCC3)[nH]1. The fraction of sp³-hybridized carbons (Fsp3) is 0.545. The van der Waals surface area contributed by atoms with Crippen molar-refractivity contribution >= 4 is 11.3 Å². The van der Waals surface area contributed by atoms with Gasteiger partial charge < -0.3 is 5.32 Å². The lowest BCUT2D eigenvalue weighted by Crippen LogP contribution is -2.14. The highest BCUT2D eigenvalue weighted by Crippen LogP contribution is 2.26. The van der Waals surface area contributed by atoms with Gasteiger partial charge in [0.05, 0.1) is 12.2 Å². The third-order valence-electron chi connectivity index (χ3n) is 3.01. The molecular weight excluding hydrogens is 250 g/mol. The van der Waals surface area contributed by atoms with Gasteiger partial charge in [-0.25, -0.2) is 14.9 Å². The molecule has 3 N–H and O–H groups in total. The first-order valence-corrected chi connectivity index (χ1v) is 6.94. The number of H-pyrrole nitrogens is 2. The van der Waals surface area contributed by atoms with Crippen molar-refractivity contribution in [2.24, 2.45) is 0 Å². The summed E-state index contributed by atoms with van der Waals surface area (Å²) in [5.74, 6) is 0.626. The van der Waals surface area contributed by atoms with Gasteiger partial charge in [-0.3, -0.25) is 4.98 Å². The fourth-order valence-corrected chi connectivity index (χ4v) is 3.28. The van der Waals surface area contributed by atoms with Crippen LogP contribution >= 0.6 is 11.3 Å². The van der Waals surface area contributed by atoms with Crippen LogP contribution in [0.25, 0.3) is 0 Å². The maximum Gasteiger partial charge on any atom is 0.340 e. The van der Waals surface area contributed by atoms with Gasteiger partial charge in [0.1, 0.15) is 10.8 Å². The van der Waals surface area contributed by atoms with Gasteiger partial charge in [0, 0.05) is 11.4 Å². The second kappa shape index (κ2) is 5.03. The lowest BCUT2D eigenvalue weighted by atomic mass is 10.0. The molecule has 96 valence electrons. The number of nitrogens with zero attached hydrogens (tertiary/aromatic N) is 2. The summed E-state index contributed by atoms with van der Waals surface area (Å²) in [4.78, 5) is 19.5. The number of hydrogen-bond acceptors (Lipinski definition) is 5. The summed E-state index contributed by atoms with van der Waals surface area (Å²) in [6.45, 7) is 1.27. The number of hydrogen-bond donors (Lipinski definition) is 3. The van der Waals surface area contributed by atoms with Crippen molar-refractivity contribution in [2.45, 2.75) is 38.8 Å². The molecule has 0 atom stereocenters. The Labute approximate surface area is 108 Å². The van der Waals surface area contributed by atoms with Crippen LogP contribution in [0.3, 0.4) is 0 Å². The number of aromatic amines is 2. The van der Waals surface area contributed by atoms with Crippen molar-refractivity contribution in [3.05, 3.63) is 31.9 Å². The van der Waals surface area contributed by atoms with E-state index in [0.29, 0.717) is 12.4 Å². The van der Waals surface area contributed by atoms with Crippen LogP contribution in [0.15, 0.2) is 4.79 Å². The normalized spacial score (nSPS) is 14.7. The summed E-state index contributed by atoms with van der Waals surface area (Å²) in [6.07, 6.45) is 4.85. The maximum absolute atomic E-state index is 10.8. The first kappa shape index (κ1) is 11.6. The quantitative estimate of drug-likeness (QED) is 0.760. The van der Waals surface area contributed by atoms with Crippen LogP contribution in [0.4, 0.5) is 0 Å². The van der Waals surface area contributed by atoms with Gasteiger partial charge >= 0.3 is 5.69 Å². The smallest absolute Gasteiger partial charge is 0.303 e. The zero-order chi connectivity index (χ0) is 12.4. The molecule has 2 heterocycles. The first-order valence-electron chi connectivity index (χ1n) is 6.13. The van der Waals surface area contributed by atoms with Gasteiger partial charge in [0.15, 0.2) is 0 Å². The number of nitrogens with one attached hydrogen (secondary N) is 3. The second-order valence-electron chi connectivity index (χ2n) is 4.41. The number of aromatic nitrogens is 4. The van der Waals surface area contributed by atoms with Crippen LogP contribution in [0, 0.1) is 0 Å². The third-order valence-corrected chi connectivity index (χ3v) is 4.17. The highest BCUT2D eigenvalue weighted by atomic mass is 32.1. The molecule has 0 saturated carbocycles. The van der Waals surface area contributed by atoms with Crippen molar-refractivity contribution in [2.75, 3.05) is 0 Å². The zero-order valence-electron chi connectivity index (χ0n) is 9.95. The van der Waals surface area contributed by atoms with Gasteiger partial charge in [0.25, 0.3) is 0 Å². The van der Waals surface area contributed by atoms with E-state index in [9.17, 15) is 4.79 Å². The highest BCUT2D eigenvalue weighted by molar-refractivity contribution is 7.11. The summed E-state index contributed by atoms with van der Waals surface area (Å²) < 4.78 is 0. The second-order valence-corrected chi connectivity index (χ2v) is 5.58. The molecule has 0 bridgehead atoms. The Morgan fingerprint density at radius 2 is 2.17 bits per heavy atom. The first-order chi connectivity index (χ1) is 8.81. The molecule has 7 heteroatoms. The summed E-state index contributed by atoms with van der Waals surface area (Å²) in [5, 5.41) is 10.5. The molecule has 0 spiro atoms. The predicted molar refractivity (Wildman–Crippen MR) is 68.5 cm³/mol. The van der Waals surface area contributed by atoms with E-state index in [-0.39, 0.29) is 5.69 Å². The zero-order valence-corrected chi connectivity index (χ0v) is 10.8. The van der Waals surface area contributed by atoms with Gasteiger partial charge in [-0.2, -0.15) is 5.10 Å². The Morgan fingerprint density at radius 1 is 1.28 bits per heavy atom. The van der Waals surface area contributed by atoms with Crippen LogP contribution < -0.4 is 11.0 Å². The van der Waals surface area contributed by atoms with E-state index in [1.54, 1.807) is 11.3 Å². The molecule has 0 aliphatic heterocycles. The molecule has 6 nitrogen and oxygen atoms in total. The molecule has 2 aromatic rings. The van der Waals surface area contributed by atoms with E-state index in [4.69, 9.17) is 0 Å². The minimum Gasteiger partial charge on any atom is -0.303 e. The summed E-state index contributed by atoms with van der Waals surface area (Å²) >= 11 is 1.80. The molecule has 2 aromatic heterocycles. The Balaban J connectivity index is 1.56. The van der Waals surface area contributed by atoms with Crippen molar-refractivity contribution in [1.29, 1.82) is 0 Å². The average Bonchev–Trinajstić information content (AvgIpc) is 2.95. The summed E-state index contributed by atoms with van der Waals surface area (Å²) in [5.41, 5.74) is 1.02. The minimum atomic E-state index is -0.267. The van der Waals surface area contributed by atoms with E-state index >= 15 is 0 Å². The van der Waals surface area contributed by atoms with E-state index in [2.05, 4.69) is 25.5 Å². The van der Waals surface area contributed by atoms with Crippen LogP contribution in [0.5, 0.6) is 0 Å². The van der Waals surface area contributed by atoms with E-state index in [1.165, 1.54) is 29.8 Å². The molecule has 0 radical (unpaired) electrons. The lowest BCUT2D eigenvalue weighted by Gasteiger charge is -2.06. The van der Waals surface area contributed by atoms with Crippen LogP contribution in [0.2, 0.25) is 0 Å². The maximum atomic E-state index is 10.8. The van der Waals surface area contributed by atoms with Crippen molar-refractivity contribution in [1.82, 2.24) is 25.5 Å². The molecule has 0 fully saturated rings. The molecule has 0 amide bonds. The standard InChI is InChI=1S/C11H15N5OS/c17-11-14-9(15-16-11)5-12-6-10-13-7-3-1-2-4-8(7)18-10/h12H,1-6H2,(H2,14,15,16,17). The molecule has 0 saturated heterocycles. The summed E-state index contributed by atoms with van der Waals surface area (Å²) in [7, 11) is 0. The van der Waals surface area contributed by atoms with Crippen LogP contribution in [-0.4, -0.2) is 20.2 Å². The van der Waals surface area contributed by atoms with Gasteiger partial charge in [0.2, 0.25) is 0 Å². The van der Waals surface area contributed by atoms with Crippen molar-refractivity contribution in [3.8, 4) is 0 Å². The highest BCUT2D eigenvalue weighted by Gasteiger charge is 2.14. The summed E-state index contributed by atoms with van der Waals surface area (Å²) in [6, 6.07) is 0. The van der Waals surface area contributed by atoms with Gasteiger partial charge in [-0.15, -0.1) is 11.3 Å². The molecule has 0 unspecified atom stereocenters. The Kier molecular flexibility index (Phi) is 3.24. The topological polar surface area (TPSA) is 86.5 Å². The molecule has 1 aliphatic rings. The Morgan fingerprint density at radius 3 is 2.94 bits per heavy atom. The molecule has 18 heavy (non-hydrogen) atoms. The number of thiazole rings is 1. The molecule has 1 aliphatic carbocycles. The number of aryl methyl sites for hydroxylation is 2. The molecule has 0 aromatic carbocycles. The predicted octanol–water partition coefficient (Wildman–Crippen LogP) is 0.723. The van der Waals surface area contributed by atoms with Gasteiger partial charge in [-0.1, -0.05) is 0 Å². The Hall–Kier alpha value is -1.47. The molecular formula is C11H15N5OS. The lowest BCUT2D eigenvalue weighted by molar-refractivity contribution is 0.652.